The molecular weight excluding hydrogens is 698 g/mol. The van der Waals surface area contributed by atoms with E-state index in [4.69, 9.17) is 37.7 Å². The van der Waals surface area contributed by atoms with Gasteiger partial charge in [0.25, 0.3) is 5.56 Å². The summed E-state index contributed by atoms with van der Waals surface area (Å²) in [5, 5.41) is 1.06. The molecule has 10 heteroatoms. The van der Waals surface area contributed by atoms with Gasteiger partial charge in [-0.05, 0) is 93.5 Å². The molecule has 45 heavy (non-hydrogen) atoms. The molecule has 7 rings (SSSR count). The van der Waals surface area contributed by atoms with E-state index < -0.39 is 0 Å². The maximum atomic E-state index is 14.1. The van der Waals surface area contributed by atoms with Gasteiger partial charge in [-0.2, -0.15) is 0 Å². The molecule has 0 amide bonds. The molecule has 226 valence electrons. The summed E-state index contributed by atoms with van der Waals surface area (Å²) in [6.07, 6.45) is 3.43. The maximum absolute atomic E-state index is 14.1. The number of allylic oxidation sites excluding steroid dienone is 1. The molecule has 0 radical (unpaired) electrons. The molecule has 0 spiro atoms. The van der Waals surface area contributed by atoms with Gasteiger partial charge in [0.1, 0.15) is 12.4 Å². The number of benzene rings is 4. The minimum Gasteiger partial charge on any atom is -0.493 e. The van der Waals surface area contributed by atoms with Crippen LogP contribution in [0.3, 0.4) is 0 Å². The van der Waals surface area contributed by atoms with Crippen LogP contribution in [0.15, 0.2) is 98.7 Å². The van der Waals surface area contributed by atoms with Crippen LogP contribution in [0.25, 0.3) is 11.8 Å². The van der Waals surface area contributed by atoms with Gasteiger partial charge in [-0.25, -0.2) is 9.38 Å². The summed E-state index contributed by atoms with van der Waals surface area (Å²) in [4.78, 5) is 19.8. The molecular formula is C35H24BrCl2FN2O3S. The van der Waals surface area contributed by atoms with Gasteiger partial charge in [-0.3, -0.25) is 9.36 Å². The molecule has 1 aromatic heterocycles. The maximum Gasteiger partial charge on any atom is 0.271 e. The van der Waals surface area contributed by atoms with Crippen LogP contribution in [-0.2, 0) is 13.0 Å². The Morgan fingerprint density at radius 1 is 1.07 bits per heavy atom. The number of hydrogen-bond acceptors (Lipinski definition) is 5. The molecule has 5 nitrogen and oxygen atoms in total. The lowest BCUT2D eigenvalue weighted by Gasteiger charge is -2.30. The van der Waals surface area contributed by atoms with Crippen LogP contribution in [-0.4, -0.2) is 11.7 Å². The van der Waals surface area contributed by atoms with Gasteiger partial charge in [0, 0.05) is 21.2 Å². The summed E-state index contributed by atoms with van der Waals surface area (Å²) in [5.41, 5.74) is 6.47. The molecule has 1 aliphatic carbocycles. The Hall–Kier alpha value is -3.69. The summed E-state index contributed by atoms with van der Waals surface area (Å²) >= 11 is 17.3. The molecule has 5 aromatic rings. The van der Waals surface area contributed by atoms with Gasteiger partial charge >= 0.3 is 0 Å². The molecule has 0 bridgehead atoms. The largest absolute Gasteiger partial charge is 0.493 e. The van der Waals surface area contributed by atoms with Crippen LogP contribution in [0.4, 0.5) is 4.39 Å². The van der Waals surface area contributed by atoms with Gasteiger partial charge < -0.3 is 9.47 Å². The first-order valence-electron chi connectivity index (χ1n) is 14.1. The van der Waals surface area contributed by atoms with Crippen LogP contribution >= 0.6 is 50.5 Å². The van der Waals surface area contributed by atoms with Crippen LogP contribution in [0.5, 0.6) is 11.5 Å². The Morgan fingerprint density at radius 3 is 2.64 bits per heavy atom. The van der Waals surface area contributed by atoms with Gasteiger partial charge in [-0.15, -0.1) is 0 Å². The lowest BCUT2D eigenvalue weighted by atomic mass is 9.83. The first kappa shape index (κ1) is 30.0. The van der Waals surface area contributed by atoms with E-state index in [1.165, 1.54) is 29.0 Å². The normalized spacial score (nSPS) is 15.7. The number of thiazole rings is 1. The fourth-order valence-electron chi connectivity index (χ4n) is 5.87. The van der Waals surface area contributed by atoms with E-state index in [-0.39, 0.29) is 24.0 Å². The Kier molecular flexibility index (Phi) is 8.16. The number of fused-ring (bicyclic) bond motifs is 3. The molecule has 2 heterocycles. The highest BCUT2D eigenvalue weighted by Gasteiger charge is 2.32. The highest BCUT2D eigenvalue weighted by Crippen LogP contribution is 2.41. The fraction of sp³-hybridized carbons (Fsp3) is 0.143. The van der Waals surface area contributed by atoms with Crippen LogP contribution in [0.2, 0.25) is 10.0 Å². The molecule has 2 aliphatic rings. The van der Waals surface area contributed by atoms with Gasteiger partial charge in [0.15, 0.2) is 16.3 Å². The molecule has 1 aliphatic heterocycles. The predicted molar refractivity (Wildman–Crippen MR) is 181 cm³/mol. The number of hydrogen-bond donors (Lipinski definition) is 0. The Morgan fingerprint density at radius 2 is 1.87 bits per heavy atom. The van der Waals surface area contributed by atoms with Crippen molar-refractivity contribution in [3.8, 4) is 11.5 Å². The van der Waals surface area contributed by atoms with E-state index in [9.17, 15) is 9.18 Å². The lowest BCUT2D eigenvalue weighted by Crippen LogP contribution is -2.38. The van der Waals surface area contributed by atoms with Crippen molar-refractivity contribution >= 4 is 62.2 Å². The SMILES string of the molecule is COc1cc(/C=c2/sc3n(c2=O)[C@H](c2ccc(F)cc2)C2=C(N=3)c3ccccc3CC2)cc(Br)c1OCc1ccc(Cl)cc1Cl. The topological polar surface area (TPSA) is 52.8 Å². The molecule has 0 saturated carbocycles. The quantitative estimate of drug-likeness (QED) is 0.178. The van der Waals surface area contributed by atoms with Gasteiger partial charge in [0.05, 0.1) is 27.9 Å². The van der Waals surface area contributed by atoms with E-state index in [1.807, 2.05) is 36.4 Å². The highest BCUT2D eigenvalue weighted by atomic mass is 79.9. The minimum absolute atomic E-state index is 0.161. The third-order valence-electron chi connectivity index (χ3n) is 8.00. The Balaban J connectivity index is 1.31. The van der Waals surface area contributed by atoms with Crippen molar-refractivity contribution in [2.75, 3.05) is 7.11 Å². The number of ether oxygens (including phenoxy) is 2. The van der Waals surface area contributed by atoms with Crippen molar-refractivity contribution in [1.29, 1.82) is 0 Å². The summed E-state index contributed by atoms with van der Waals surface area (Å²) in [6.45, 7) is 0.208. The molecule has 0 saturated heterocycles. The van der Waals surface area contributed by atoms with E-state index in [2.05, 4.69) is 28.1 Å². The standard InChI is InChI=1S/C35H24BrCl2FN2O3S/c1-43-29-15-19(14-27(36)33(29)44-18-22-6-10-23(37)17-28(22)38)16-30-34(42)41-32(21-7-11-24(39)12-8-21)26-13-9-20-4-2-3-5-25(20)31(26)40-35(41)45-30/h2-8,10-12,14-17,32H,9,13,18H2,1H3/b30-16+/t32-/m1/s1. The average molecular weight is 722 g/mol. The number of aromatic nitrogens is 1. The number of halogens is 4. The number of aryl methyl sites for hydroxylation is 1. The van der Waals surface area contributed by atoms with Gasteiger partial charge in [0.2, 0.25) is 0 Å². The summed E-state index contributed by atoms with van der Waals surface area (Å²) in [5.74, 6) is 0.673. The summed E-state index contributed by atoms with van der Waals surface area (Å²) in [7, 11) is 1.56. The molecule has 0 N–H and O–H groups in total. The number of methoxy groups -OCH3 is 1. The summed E-state index contributed by atoms with van der Waals surface area (Å²) in [6, 6.07) is 23.2. The first-order chi connectivity index (χ1) is 21.8. The van der Waals surface area contributed by atoms with Crippen molar-refractivity contribution in [2.24, 2.45) is 4.99 Å². The molecule has 0 unspecified atom stereocenters. The second-order valence-electron chi connectivity index (χ2n) is 10.7. The van der Waals surface area contributed by atoms with Gasteiger partial charge in [-0.1, -0.05) is 77.0 Å². The average Bonchev–Trinajstić information content (AvgIpc) is 3.34. The zero-order chi connectivity index (χ0) is 31.2. The van der Waals surface area contributed by atoms with E-state index >= 15 is 0 Å². The molecule has 0 fully saturated rings. The second-order valence-corrected chi connectivity index (χ2v) is 13.4. The zero-order valence-corrected chi connectivity index (χ0v) is 27.7. The van der Waals surface area contributed by atoms with Crippen molar-refractivity contribution < 1.29 is 13.9 Å². The smallest absolute Gasteiger partial charge is 0.271 e. The Bertz CT molecular complexity index is 2190. The van der Waals surface area contributed by atoms with Crippen molar-refractivity contribution in [3.05, 3.63) is 152 Å². The minimum atomic E-state index is -0.385. The van der Waals surface area contributed by atoms with E-state index in [0.717, 1.165) is 46.4 Å². The monoisotopic (exact) mass is 720 g/mol. The van der Waals surface area contributed by atoms with Crippen molar-refractivity contribution in [3.63, 3.8) is 0 Å². The van der Waals surface area contributed by atoms with Crippen molar-refractivity contribution in [2.45, 2.75) is 25.5 Å². The molecule has 1 atom stereocenters. The van der Waals surface area contributed by atoms with Crippen LogP contribution in [0, 0.1) is 5.82 Å². The van der Waals surface area contributed by atoms with Crippen LogP contribution in [0.1, 0.15) is 40.3 Å². The third kappa shape index (κ3) is 5.65. The Labute approximate surface area is 280 Å². The first-order valence-corrected chi connectivity index (χ1v) is 16.5. The fourth-order valence-corrected chi connectivity index (χ4v) is 7.91. The number of nitrogens with zero attached hydrogens (tertiary/aromatic N) is 2. The predicted octanol–water partition coefficient (Wildman–Crippen LogP) is 8.11. The summed E-state index contributed by atoms with van der Waals surface area (Å²) < 4.78 is 28.6. The zero-order valence-electron chi connectivity index (χ0n) is 23.8. The second kappa shape index (κ2) is 12.2. The highest BCUT2D eigenvalue weighted by molar-refractivity contribution is 9.10. The third-order valence-corrected chi connectivity index (χ3v) is 10.2. The lowest BCUT2D eigenvalue weighted by molar-refractivity contribution is 0.282. The van der Waals surface area contributed by atoms with E-state index in [1.54, 1.807) is 35.9 Å². The van der Waals surface area contributed by atoms with Crippen molar-refractivity contribution in [1.82, 2.24) is 4.57 Å². The van der Waals surface area contributed by atoms with Crippen LogP contribution < -0.4 is 24.4 Å². The molecule has 4 aromatic carbocycles. The number of rotatable bonds is 6. The van der Waals surface area contributed by atoms with E-state index in [0.29, 0.717) is 35.4 Å².